The Hall–Kier alpha value is -2.10. The first kappa shape index (κ1) is 9.45. The molecule has 4 heteroatoms. The van der Waals surface area contributed by atoms with Crippen LogP contribution in [0.25, 0.3) is 11.0 Å². The van der Waals surface area contributed by atoms with Gasteiger partial charge >= 0.3 is 5.63 Å². The first-order valence-corrected chi connectivity index (χ1v) is 4.46. The van der Waals surface area contributed by atoms with Gasteiger partial charge in [0.25, 0.3) is 0 Å². The molecule has 2 rings (SSSR count). The molecule has 15 heavy (non-hydrogen) atoms. The van der Waals surface area contributed by atoms with E-state index in [-0.39, 0.29) is 6.42 Å². The smallest absolute Gasteiger partial charge is 0.336 e. The maximum Gasteiger partial charge on any atom is 0.336 e. The minimum absolute atomic E-state index is 0.200. The quantitative estimate of drug-likeness (QED) is 0.451. The third-order valence-corrected chi connectivity index (χ3v) is 2.16. The monoisotopic (exact) mass is 203 g/mol. The van der Waals surface area contributed by atoms with Crippen molar-refractivity contribution in [3.8, 4) is 0 Å². The summed E-state index contributed by atoms with van der Waals surface area (Å²) in [6.45, 7) is 0. The van der Waals surface area contributed by atoms with Crippen LogP contribution in [-0.2, 0) is 11.2 Å². The molecule has 0 saturated heterocycles. The predicted molar refractivity (Wildman–Crippen MR) is 56.7 cm³/mol. The highest BCUT2D eigenvalue weighted by molar-refractivity contribution is 5.84. The number of nitrogens with two attached hydrogens (primary N) is 1. The molecule has 1 heterocycles. The zero-order valence-corrected chi connectivity index (χ0v) is 7.90. The molecule has 0 aliphatic rings. The lowest BCUT2D eigenvalue weighted by molar-refractivity contribution is -0.107. The maximum absolute atomic E-state index is 11.2. The number of fused-ring (bicyclic) bond motifs is 1. The van der Waals surface area contributed by atoms with Gasteiger partial charge in [0, 0.05) is 29.6 Å². The van der Waals surface area contributed by atoms with Crippen LogP contribution in [0.2, 0.25) is 0 Å². The van der Waals surface area contributed by atoms with E-state index in [1.54, 1.807) is 18.2 Å². The van der Waals surface area contributed by atoms with Gasteiger partial charge in [-0.3, -0.25) is 0 Å². The Labute approximate surface area is 85.3 Å². The van der Waals surface area contributed by atoms with Crippen molar-refractivity contribution < 1.29 is 9.21 Å². The topological polar surface area (TPSA) is 73.3 Å². The van der Waals surface area contributed by atoms with Gasteiger partial charge in [-0.25, -0.2) is 4.79 Å². The van der Waals surface area contributed by atoms with E-state index < -0.39 is 5.63 Å². The molecule has 0 saturated carbocycles. The summed E-state index contributed by atoms with van der Waals surface area (Å²) in [6, 6.07) is 6.35. The molecule has 0 atom stereocenters. The number of carbonyl (C=O) groups excluding carboxylic acids is 1. The van der Waals surface area contributed by atoms with Gasteiger partial charge in [-0.2, -0.15) is 0 Å². The van der Waals surface area contributed by atoms with E-state index in [4.69, 9.17) is 10.2 Å². The summed E-state index contributed by atoms with van der Waals surface area (Å²) in [5, 5.41) is 0.746. The average Bonchev–Trinajstić information content (AvgIpc) is 2.17. The molecule has 76 valence electrons. The van der Waals surface area contributed by atoms with Crippen LogP contribution in [0.15, 0.2) is 33.5 Å². The minimum atomic E-state index is -0.468. The number of rotatable bonds is 2. The summed E-state index contributed by atoms with van der Waals surface area (Å²) >= 11 is 0. The van der Waals surface area contributed by atoms with Crippen LogP contribution in [0.1, 0.15) is 5.56 Å². The molecule has 0 amide bonds. The van der Waals surface area contributed by atoms with Crippen LogP contribution in [0.4, 0.5) is 5.69 Å². The van der Waals surface area contributed by atoms with E-state index in [0.29, 0.717) is 16.8 Å². The van der Waals surface area contributed by atoms with Crippen molar-refractivity contribution in [1.82, 2.24) is 0 Å². The highest BCUT2D eigenvalue weighted by atomic mass is 16.4. The minimum Gasteiger partial charge on any atom is -0.423 e. The second-order valence-corrected chi connectivity index (χ2v) is 3.22. The standard InChI is InChI=1S/C11H9NO3/c12-8-1-2-9-7(3-4-13)5-11(14)15-10(9)6-8/h1-2,4-6H,3,12H2. The van der Waals surface area contributed by atoms with E-state index in [1.165, 1.54) is 6.07 Å². The first-order chi connectivity index (χ1) is 7.20. The number of hydrogen-bond donors (Lipinski definition) is 1. The van der Waals surface area contributed by atoms with Crippen molar-refractivity contribution in [2.75, 3.05) is 5.73 Å². The molecule has 4 nitrogen and oxygen atoms in total. The molecule has 2 N–H and O–H groups in total. The molecule has 0 fully saturated rings. The van der Waals surface area contributed by atoms with Crippen LogP contribution in [0.3, 0.4) is 0 Å². The van der Waals surface area contributed by atoms with Crippen molar-refractivity contribution in [1.29, 1.82) is 0 Å². The molecular formula is C11H9NO3. The van der Waals surface area contributed by atoms with E-state index in [0.717, 1.165) is 11.7 Å². The second-order valence-electron chi connectivity index (χ2n) is 3.22. The zero-order chi connectivity index (χ0) is 10.8. The van der Waals surface area contributed by atoms with Gasteiger partial charge in [0.15, 0.2) is 0 Å². The number of hydrogen-bond acceptors (Lipinski definition) is 4. The fraction of sp³-hybridized carbons (Fsp3) is 0.0909. The number of benzene rings is 1. The summed E-state index contributed by atoms with van der Waals surface area (Å²) in [6.07, 6.45) is 0.955. The van der Waals surface area contributed by atoms with Gasteiger partial charge in [-0.05, 0) is 17.7 Å². The van der Waals surface area contributed by atoms with Crippen molar-refractivity contribution in [2.45, 2.75) is 6.42 Å². The van der Waals surface area contributed by atoms with E-state index in [9.17, 15) is 9.59 Å². The van der Waals surface area contributed by atoms with E-state index in [1.807, 2.05) is 0 Å². The largest absolute Gasteiger partial charge is 0.423 e. The van der Waals surface area contributed by atoms with Crippen LogP contribution in [0, 0.1) is 0 Å². The third kappa shape index (κ3) is 1.74. The normalized spacial score (nSPS) is 10.4. The van der Waals surface area contributed by atoms with Crippen molar-refractivity contribution in [3.63, 3.8) is 0 Å². The highest BCUT2D eigenvalue weighted by Crippen LogP contribution is 2.19. The first-order valence-electron chi connectivity index (χ1n) is 4.46. The van der Waals surface area contributed by atoms with E-state index >= 15 is 0 Å². The summed E-state index contributed by atoms with van der Waals surface area (Å²) in [5.41, 5.74) is 6.70. The Morgan fingerprint density at radius 3 is 2.87 bits per heavy atom. The van der Waals surface area contributed by atoms with Crippen LogP contribution >= 0.6 is 0 Å². The second kappa shape index (κ2) is 3.57. The lowest BCUT2D eigenvalue weighted by atomic mass is 10.1. The fourth-order valence-corrected chi connectivity index (χ4v) is 1.51. The van der Waals surface area contributed by atoms with Crippen molar-refractivity contribution in [3.05, 3.63) is 40.2 Å². The molecule has 0 aliphatic carbocycles. The highest BCUT2D eigenvalue weighted by Gasteiger charge is 2.04. The Morgan fingerprint density at radius 1 is 1.33 bits per heavy atom. The van der Waals surface area contributed by atoms with Crippen LogP contribution < -0.4 is 11.4 Å². The molecule has 0 spiro atoms. The van der Waals surface area contributed by atoms with E-state index in [2.05, 4.69) is 0 Å². The molecular weight excluding hydrogens is 194 g/mol. The molecule has 0 aliphatic heterocycles. The summed E-state index contributed by atoms with van der Waals surface area (Å²) in [7, 11) is 0. The lowest BCUT2D eigenvalue weighted by Gasteiger charge is -2.02. The summed E-state index contributed by atoms with van der Waals surface area (Å²) < 4.78 is 4.98. The molecule has 2 aromatic rings. The van der Waals surface area contributed by atoms with Gasteiger partial charge in [0.2, 0.25) is 0 Å². The van der Waals surface area contributed by atoms with Gasteiger partial charge in [-0.15, -0.1) is 0 Å². The van der Waals surface area contributed by atoms with Gasteiger partial charge in [0.05, 0.1) is 0 Å². The van der Waals surface area contributed by atoms with Crippen molar-refractivity contribution in [2.24, 2.45) is 0 Å². The third-order valence-electron chi connectivity index (χ3n) is 2.16. The summed E-state index contributed by atoms with van der Waals surface area (Å²) in [4.78, 5) is 21.6. The van der Waals surface area contributed by atoms with Gasteiger partial charge in [-0.1, -0.05) is 0 Å². The zero-order valence-electron chi connectivity index (χ0n) is 7.90. The molecule has 1 aromatic carbocycles. The number of anilines is 1. The Kier molecular flexibility index (Phi) is 2.25. The van der Waals surface area contributed by atoms with Crippen LogP contribution in [0.5, 0.6) is 0 Å². The van der Waals surface area contributed by atoms with Crippen molar-refractivity contribution >= 4 is 22.9 Å². The SMILES string of the molecule is Nc1ccc2c(CC=O)cc(=O)oc2c1. The molecule has 1 aromatic heterocycles. The molecule has 0 bridgehead atoms. The van der Waals surface area contributed by atoms with Crippen LogP contribution in [-0.4, -0.2) is 6.29 Å². The summed E-state index contributed by atoms with van der Waals surface area (Å²) in [5.74, 6) is 0. The average molecular weight is 203 g/mol. The maximum atomic E-state index is 11.2. The number of aldehydes is 1. The van der Waals surface area contributed by atoms with Gasteiger partial charge < -0.3 is 14.9 Å². The lowest BCUT2D eigenvalue weighted by Crippen LogP contribution is -2.01. The Balaban J connectivity index is 2.79. The van der Waals surface area contributed by atoms with Gasteiger partial charge in [0.1, 0.15) is 11.9 Å². The number of nitrogen functional groups attached to an aromatic ring is 1. The Bertz CT molecular complexity index is 572. The predicted octanol–water partition coefficient (Wildman–Crippen LogP) is 1.12. The fourth-order valence-electron chi connectivity index (χ4n) is 1.51. The molecule has 0 unspecified atom stereocenters. The number of carbonyl (C=O) groups is 1. The Morgan fingerprint density at radius 2 is 2.13 bits per heavy atom. The molecule has 0 radical (unpaired) electrons.